The van der Waals surface area contributed by atoms with Gasteiger partial charge in [0.1, 0.15) is 0 Å². The number of rotatable bonds is 4. The SMILES string of the molecule is CC(C)CC(F)(F)CC1(N)CC1. The maximum atomic E-state index is 13.1. The van der Waals surface area contributed by atoms with Gasteiger partial charge >= 0.3 is 0 Å². The Kier molecular flexibility index (Phi) is 2.43. The minimum atomic E-state index is -2.56. The fourth-order valence-corrected chi connectivity index (χ4v) is 1.52. The average molecular weight is 177 g/mol. The third kappa shape index (κ3) is 3.05. The van der Waals surface area contributed by atoms with Gasteiger partial charge in [-0.3, -0.25) is 0 Å². The molecule has 1 fully saturated rings. The second-order valence-electron chi connectivity index (χ2n) is 4.49. The molecule has 3 heteroatoms. The van der Waals surface area contributed by atoms with E-state index in [4.69, 9.17) is 5.73 Å². The monoisotopic (exact) mass is 177 g/mol. The van der Waals surface area contributed by atoms with Crippen LogP contribution in [0.1, 0.15) is 39.5 Å². The van der Waals surface area contributed by atoms with Crippen LogP contribution in [0.25, 0.3) is 0 Å². The van der Waals surface area contributed by atoms with E-state index in [2.05, 4.69) is 0 Å². The van der Waals surface area contributed by atoms with E-state index < -0.39 is 11.5 Å². The first kappa shape index (κ1) is 9.90. The first-order valence-corrected chi connectivity index (χ1v) is 4.50. The van der Waals surface area contributed by atoms with Crippen molar-refractivity contribution in [3.63, 3.8) is 0 Å². The Bertz CT molecular complexity index is 162. The Hall–Kier alpha value is -0.180. The van der Waals surface area contributed by atoms with Crippen molar-refractivity contribution in [3.05, 3.63) is 0 Å². The fourth-order valence-electron chi connectivity index (χ4n) is 1.52. The molecule has 72 valence electrons. The summed E-state index contributed by atoms with van der Waals surface area (Å²) in [6.07, 6.45) is 1.37. The Morgan fingerprint density at radius 2 is 1.92 bits per heavy atom. The fraction of sp³-hybridized carbons (Fsp3) is 1.00. The van der Waals surface area contributed by atoms with Crippen LogP contribution in [0.15, 0.2) is 0 Å². The van der Waals surface area contributed by atoms with Crippen molar-refractivity contribution >= 4 is 0 Å². The number of hydrogen-bond donors (Lipinski definition) is 1. The number of nitrogens with two attached hydrogens (primary N) is 1. The van der Waals surface area contributed by atoms with E-state index in [9.17, 15) is 8.78 Å². The molecule has 0 bridgehead atoms. The normalized spacial score (nSPS) is 21.5. The van der Waals surface area contributed by atoms with Crippen LogP contribution in [0, 0.1) is 5.92 Å². The summed E-state index contributed by atoms with van der Waals surface area (Å²) in [5, 5.41) is 0. The van der Waals surface area contributed by atoms with Crippen molar-refractivity contribution in [2.75, 3.05) is 0 Å². The molecule has 0 saturated heterocycles. The molecule has 0 spiro atoms. The van der Waals surface area contributed by atoms with Gasteiger partial charge in [-0.15, -0.1) is 0 Å². The average Bonchev–Trinajstić information content (AvgIpc) is 2.40. The highest BCUT2D eigenvalue weighted by molar-refractivity contribution is 5.01. The van der Waals surface area contributed by atoms with Crippen LogP contribution in [0.2, 0.25) is 0 Å². The molecule has 0 heterocycles. The lowest BCUT2D eigenvalue weighted by atomic mass is 9.98. The highest BCUT2D eigenvalue weighted by Gasteiger charge is 2.47. The summed E-state index contributed by atoms with van der Waals surface area (Å²) >= 11 is 0. The molecule has 0 unspecified atom stereocenters. The number of halogens is 2. The summed E-state index contributed by atoms with van der Waals surface area (Å²) in [5.74, 6) is -2.51. The Morgan fingerprint density at radius 3 is 2.25 bits per heavy atom. The Balaban J connectivity index is 2.37. The van der Waals surface area contributed by atoms with Crippen molar-refractivity contribution in [1.82, 2.24) is 0 Å². The van der Waals surface area contributed by atoms with E-state index in [1.165, 1.54) is 0 Å². The quantitative estimate of drug-likeness (QED) is 0.701. The maximum absolute atomic E-state index is 13.1. The molecule has 1 rings (SSSR count). The number of alkyl halides is 2. The van der Waals surface area contributed by atoms with Crippen LogP contribution < -0.4 is 5.73 Å². The lowest BCUT2D eigenvalue weighted by Gasteiger charge is -2.21. The van der Waals surface area contributed by atoms with Crippen molar-refractivity contribution in [1.29, 1.82) is 0 Å². The topological polar surface area (TPSA) is 26.0 Å². The highest BCUT2D eigenvalue weighted by atomic mass is 19.3. The van der Waals surface area contributed by atoms with Crippen molar-refractivity contribution in [3.8, 4) is 0 Å². The molecular formula is C9H17F2N. The standard InChI is InChI=1S/C9H17F2N/c1-7(2)5-9(10,11)6-8(12)3-4-8/h7H,3-6,12H2,1-2H3. The summed E-state index contributed by atoms with van der Waals surface area (Å²) in [6, 6.07) is 0. The zero-order chi connectivity index (χ0) is 9.41. The minimum Gasteiger partial charge on any atom is -0.325 e. The predicted molar refractivity (Wildman–Crippen MR) is 45.2 cm³/mol. The summed E-state index contributed by atoms with van der Waals surface area (Å²) in [7, 11) is 0. The van der Waals surface area contributed by atoms with E-state index in [-0.39, 0.29) is 18.8 Å². The first-order chi connectivity index (χ1) is 5.33. The molecule has 12 heavy (non-hydrogen) atoms. The smallest absolute Gasteiger partial charge is 0.250 e. The van der Waals surface area contributed by atoms with Gasteiger partial charge < -0.3 is 5.73 Å². The highest BCUT2D eigenvalue weighted by Crippen LogP contribution is 2.43. The van der Waals surface area contributed by atoms with Crippen LogP contribution in [0.5, 0.6) is 0 Å². The molecule has 0 aromatic rings. The van der Waals surface area contributed by atoms with Gasteiger partial charge in [0.2, 0.25) is 5.92 Å². The third-order valence-electron chi connectivity index (χ3n) is 2.21. The van der Waals surface area contributed by atoms with Crippen LogP contribution in [-0.4, -0.2) is 11.5 Å². The van der Waals surface area contributed by atoms with Crippen LogP contribution >= 0.6 is 0 Å². The van der Waals surface area contributed by atoms with Gasteiger partial charge in [-0.05, 0) is 18.8 Å². The van der Waals surface area contributed by atoms with Crippen molar-refractivity contribution in [2.45, 2.75) is 51.0 Å². The molecule has 0 atom stereocenters. The lowest BCUT2D eigenvalue weighted by Crippen LogP contribution is -2.32. The Morgan fingerprint density at radius 1 is 1.42 bits per heavy atom. The summed E-state index contributed by atoms with van der Waals surface area (Å²) in [4.78, 5) is 0. The first-order valence-electron chi connectivity index (χ1n) is 4.50. The summed E-state index contributed by atoms with van der Waals surface area (Å²) in [5.41, 5.74) is 5.10. The molecule has 0 aromatic heterocycles. The summed E-state index contributed by atoms with van der Waals surface area (Å²) in [6.45, 7) is 3.62. The van der Waals surface area contributed by atoms with Gasteiger partial charge in [-0.25, -0.2) is 8.78 Å². The van der Waals surface area contributed by atoms with Gasteiger partial charge in [0.05, 0.1) is 0 Å². The largest absolute Gasteiger partial charge is 0.325 e. The lowest BCUT2D eigenvalue weighted by molar-refractivity contribution is -0.0349. The number of hydrogen-bond acceptors (Lipinski definition) is 1. The zero-order valence-electron chi connectivity index (χ0n) is 7.74. The molecule has 0 amide bonds. The van der Waals surface area contributed by atoms with Gasteiger partial charge in [0, 0.05) is 18.4 Å². The molecule has 1 aliphatic rings. The molecule has 0 aliphatic heterocycles. The molecule has 1 nitrogen and oxygen atoms in total. The van der Waals surface area contributed by atoms with Crippen LogP contribution in [-0.2, 0) is 0 Å². The summed E-state index contributed by atoms with van der Waals surface area (Å²) < 4.78 is 26.3. The molecular weight excluding hydrogens is 160 g/mol. The third-order valence-corrected chi connectivity index (χ3v) is 2.21. The van der Waals surface area contributed by atoms with E-state index in [0.29, 0.717) is 0 Å². The predicted octanol–water partition coefficient (Wildman–Crippen LogP) is 2.55. The zero-order valence-corrected chi connectivity index (χ0v) is 7.74. The van der Waals surface area contributed by atoms with E-state index in [0.717, 1.165) is 12.8 Å². The van der Waals surface area contributed by atoms with Crippen molar-refractivity contribution in [2.24, 2.45) is 11.7 Å². The van der Waals surface area contributed by atoms with E-state index in [1.54, 1.807) is 0 Å². The van der Waals surface area contributed by atoms with Crippen molar-refractivity contribution < 1.29 is 8.78 Å². The van der Waals surface area contributed by atoms with Gasteiger partial charge in [-0.1, -0.05) is 13.8 Å². The minimum absolute atomic E-state index is 0.0358. The van der Waals surface area contributed by atoms with Gasteiger partial charge in [0.25, 0.3) is 0 Å². The molecule has 2 N–H and O–H groups in total. The van der Waals surface area contributed by atoms with E-state index >= 15 is 0 Å². The molecule has 0 radical (unpaired) electrons. The van der Waals surface area contributed by atoms with Gasteiger partial charge in [0.15, 0.2) is 0 Å². The van der Waals surface area contributed by atoms with Crippen LogP contribution in [0.3, 0.4) is 0 Å². The maximum Gasteiger partial charge on any atom is 0.250 e. The van der Waals surface area contributed by atoms with Gasteiger partial charge in [-0.2, -0.15) is 0 Å². The van der Waals surface area contributed by atoms with E-state index in [1.807, 2.05) is 13.8 Å². The Labute approximate surface area is 72.3 Å². The second-order valence-corrected chi connectivity index (χ2v) is 4.49. The van der Waals surface area contributed by atoms with Crippen LogP contribution in [0.4, 0.5) is 8.78 Å². The molecule has 1 aliphatic carbocycles. The molecule has 1 saturated carbocycles. The molecule has 0 aromatic carbocycles. The second kappa shape index (κ2) is 2.95.